The predicted octanol–water partition coefficient (Wildman–Crippen LogP) is 5.25. The largest absolute Gasteiger partial charge is 0.393 e. The van der Waals surface area contributed by atoms with Crippen LogP contribution in [0.1, 0.15) is 27.1 Å². The highest BCUT2D eigenvalue weighted by molar-refractivity contribution is 7.74. The van der Waals surface area contributed by atoms with Crippen LogP contribution in [-0.4, -0.2) is 63.1 Å². The summed E-state index contributed by atoms with van der Waals surface area (Å²) in [6.45, 7) is 14.7. The van der Waals surface area contributed by atoms with E-state index in [1.54, 1.807) is 71.1 Å². The maximum absolute atomic E-state index is 13.9. The molecule has 0 aliphatic carbocycles. The molecule has 0 saturated heterocycles. The molecule has 0 spiro atoms. The van der Waals surface area contributed by atoms with Crippen molar-refractivity contribution >= 4 is 52.0 Å². The zero-order chi connectivity index (χ0) is 27.3. The topological polar surface area (TPSA) is 140 Å². The Morgan fingerprint density at radius 2 is 1.14 bits per heavy atom. The zero-order valence-electron chi connectivity index (χ0n) is 21.8. The molecule has 2 atom stereocenters. The standard InChI is InChI=1S/C20H37NO9P2Si3/c1-33(2,3)28-20(31(24,25)29-34(4,5)6,32(26,27)30-35(7,8)9)14-15-21-18(22)16-12-10-11-13-17(16)19(21)23/h10-13H,14-15H2,1-9H3,(H,24,25)(H,26,27). The van der Waals surface area contributed by atoms with E-state index in [0.717, 1.165) is 4.90 Å². The third kappa shape index (κ3) is 6.98. The van der Waals surface area contributed by atoms with Crippen molar-refractivity contribution in [3.63, 3.8) is 0 Å². The molecule has 0 fully saturated rings. The fourth-order valence-corrected chi connectivity index (χ4v) is 17.2. The van der Waals surface area contributed by atoms with Crippen LogP contribution in [0.15, 0.2) is 24.3 Å². The van der Waals surface area contributed by atoms with E-state index in [9.17, 15) is 28.5 Å². The van der Waals surface area contributed by atoms with Gasteiger partial charge < -0.3 is 22.6 Å². The minimum atomic E-state index is -5.02. The number of hydrogen-bond acceptors (Lipinski definition) is 7. The van der Waals surface area contributed by atoms with Crippen LogP contribution in [0.2, 0.25) is 58.9 Å². The molecule has 1 heterocycles. The van der Waals surface area contributed by atoms with Gasteiger partial charge in [0.25, 0.3) is 16.9 Å². The molecule has 1 aromatic rings. The molecule has 1 aliphatic heterocycles. The third-order valence-electron chi connectivity index (χ3n) is 4.69. The van der Waals surface area contributed by atoms with E-state index in [1.807, 2.05) is 0 Å². The van der Waals surface area contributed by atoms with Crippen LogP contribution in [0.5, 0.6) is 0 Å². The average Bonchev–Trinajstić information content (AvgIpc) is 2.84. The number of carbonyl (C=O) groups excluding carboxylic acids is 2. The highest BCUT2D eigenvalue weighted by atomic mass is 31.2. The molecular formula is C20H37NO9P2Si3. The predicted molar refractivity (Wildman–Crippen MR) is 142 cm³/mol. The van der Waals surface area contributed by atoms with Gasteiger partial charge in [-0.3, -0.25) is 23.6 Å². The minimum Gasteiger partial charge on any atom is -0.393 e. The molecule has 2 unspecified atom stereocenters. The fraction of sp³-hybridized carbons (Fsp3) is 0.600. The van der Waals surface area contributed by atoms with Gasteiger partial charge in [-0.2, -0.15) is 0 Å². The lowest BCUT2D eigenvalue weighted by molar-refractivity contribution is 0.0614. The van der Waals surface area contributed by atoms with Crippen molar-refractivity contribution in [1.29, 1.82) is 0 Å². The van der Waals surface area contributed by atoms with Gasteiger partial charge >= 0.3 is 15.2 Å². The second-order valence-corrected chi connectivity index (χ2v) is 29.7. The number of rotatable bonds is 11. The van der Waals surface area contributed by atoms with E-state index in [1.165, 1.54) is 12.1 Å². The van der Waals surface area contributed by atoms with Crippen LogP contribution in [0.3, 0.4) is 0 Å². The van der Waals surface area contributed by atoms with Crippen molar-refractivity contribution in [3.05, 3.63) is 35.4 Å². The Kier molecular flexibility index (Phi) is 8.59. The van der Waals surface area contributed by atoms with E-state index in [0.29, 0.717) is 0 Å². The molecule has 0 bridgehead atoms. The first-order chi connectivity index (χ1) is 15.5. The summed E-state index contributed by atoms with van der Waals surface area (Å²) in [5.41, 5.74) is 0.399. The van der Waals surface area contributed by atoms with Crippen molar-refractivity contribution in [1.82, 2.24) is 4.90 Å². The summed E-state index contributed by atoms with van der Waals surface area (Å²) in [5.74, 6) is -1.18. The monoisotopic (exact) mass is 581 g/mol. The van der Waals surface area contributed by atoms with Crippen molar-refractivity contribution < 1.29 is 41.4 Å². The number of imide groups is 1. The molecule has 35 heavy (non-hydrogen) atoms. The number of amides is 2. The molecule has 1 aliphatic rings. The Morgan fingerprint density at radius 1 is 0.771 bits per heavy atom. The van der Waals surface area contributed by atoms with Crippen molar-refractivity contribution in [3.8, 4) is 0 Å². The SMILES string of the molecule is C[Si](C)(C)OC(CCN1C(=O)c2ccccc2C1=O)(P(=O)(O)O[Si](C)(C)C)P(=O)(O)O[Si](C)(C)C. The van der Waals surface area contributed by atoms with Gasteiger partial charge in [0, 0.05) is 13.0 Å². The number of benzene rings is 1. The van der Waals surface area contributed by atoms with Gasteiger partial charge in [-0.15, -0.1) is 0 Å². The minimum absolute atomic E-state index is 0.199. The van der Waals surface area contributed by atoms with Crippen molar-refractivity contribution in [2.45, 2.75) is 70.4 Å². The quantitative estimate of drug-likeness (QED) is 0.204. The molecule has 198 valence electrons. The Bertz CT molecular complexity index is 1020. The fourth-order valence-electron chi connectivity index (χ4n) is 3.68. The first kappa shape index (κ1) is 30.5. The number of hydrogen-bond donors (Lipinski definition) is 2. The van der Waals surface area contributed by atoms with Gasteiger partial charge in [-0.25, -0.2) is 0 Å². The van der Waals surface area contributed by atoms with Gasteiger partial charge in [0.1, 0.15) is 0 Å². The summed E-state index contributed by atoms with van der Waals surface area (Å²) in [4.78, 5) is 49.4. The summed E-state index contributed by atoms with van der Waals surface area (Å²) in [6.07, 6.45) is -0.612. The molecule has 1 aromatic carbocycles. The Hall–Kier alpha value is -0.729. The van der Waals surface area contributed by atoms with Crippen LogP contribution in [0, 0.1) is 0 Å². The van der Waals surface area contributed by atoms with Gasteiger partial charge in [-0.1, -0.05) is 12.1 Å². The zero-order valence-corrected chi connectivity index (χ0v) is 26.6. The van der Waals surface area contributed by atoms with Crippen LogP contribution in [0.4, 0.5) is 0 Å². The summed E-state index contributed by atoms with van der Waals surface area (Å²) in [7, 11) is -18.4. The van der Waals surface area contributed by atoms with Gasteiger partial charge in [0.15, 0.2) is 25.0 Å². The van der Waals surface area contributed by atoms with E-state index >= 15 is 0 Å². The maximum Gasteiger partial charge on any atom is 0.361 e. The van der Waals surface area contributed by atoms with Crippen molar-refractivity contribution in [2.24, 2.45) is 0 Å². The summed E-state index contributed by atoms with van der Waals surface area (Å²) < 4.78 is 45.2. The number of nitrogens with zero attached hydrogens (tertiary/aromatic N) is 1. The van der Waals surface area contributed by atoms with Crippen molar-refractivity contribution in [2.75, 3.05) is 6.54 Å². The molecule has 10 nitrogen and oxygen atoms in total. The molecule has 2 amide bonds. The van der Waals surface area contributed by atoms with Crippen LogP contribution in [0.25, 0.3) is 0 Å². The molecular weight excluding hydrogens is 544 g/mol. The summed E-state index contributed by atoms with van der Waals surface area (Å²) in [5, 5.41) is -2.68. The highest BCUT2D eigenvalue weighted by Gasteiger charge is 2.67. The lowest BCUT2D eigenvalue weighted by Gasteiger charge is -2.45. The number of fused-ring (bicyclic) bond motifs is 1. The molecule has 0 aromatic heterocycles. The smallest absolute Gasteiger partial charge is 0.361 e. The lowest BCUT2D eigenvalue weighted by Crippen LogP contribution is -2.48. The molecule has 2 rings (SSSR count). The summed E-state index contributed by atoms with van der Waals surface area (Å²) >= 11 is 0. The van der Waals surface area contributed by atoms with Crippen LogP contribution < -0.4 is 0 Å². The average molecular weight is 582 g/mol. The third-order valence-corrected chi connectivity index (χ3v) is 16.3. The molecule has 0 saturated carbocycles. The van der Waals surface area contributed by atoms with E-state index in [2.05, 4.69) is 0 Å². The van der Waals surface area contributed by atoms with E-state index in [4.69, 9.17) is 12.9 Å². The second kappa shape index (κ2) is 9.86. The maximum atomic E-state index is 13.9. The Balaban J connectivity index is 2.65. The Morgan fingerprint density at radius 3 is 1.46 bits per heavy atom. The van der Waals surface area contributed by atoms with Gasteiger partial charge in [0.05, 0.1) is 11.1 Å². The lowest BCUT2D eigenvalue weighted by atomic mass is 10.1. The normalized spacial score (nSPS) is 20.3. The first-order valence-corrected chi connectivity index (χ1v) is 24.6. The van der Waals surface area contributed by atoms with E-state index in [-0.39, 0.29) is 11.1 Å². The Labute approximate surface area is 210 Å². The first-order valence-electron chi connectivity index (χ1n) is 11.2. The van der Waals surface area contributed by atoms with Crippen LogP contribution >= 0.6 is 15.2 Å². The molecule has 2 N–H and O–H groups in total. The molecule has 0 radical (unpaired) electrons. The number of carbonyl (C=O) groups is 2. The van der Waals surface area contributed by atoms with Gasteiger partial charge in [0.2, 0.25) is 0 Å². The van der Waals surface area contributed by atoms with Crippen LogP contribution in [-0.2, 0) is 22.0 Å². The highest BCUT2D eigenvalue weighted by Crippen LogP contribution is 2.77. The van der Waals surface area contributed by atoms with Gasteiger partial charge in [-0.05, 0) is 71.1 Å². The van der Waals surface area contributed by atoms with E-state index < -0.39 is 70.0 Å². The molecule has 15 heteroatoms. The second-order valence-electron chi connectivity index (χ2n) is 11.5. The summed E-state index contributed by atoms with van der Waals surface area (Å²) in [6, 6.07) is 6.27.